The van der Waals surface area contributed by atoms with Crippen LogP contribution in [0.2, 0.25) is 0 Å². The summed E-state index contributed by atoms with van der Waals surface area (Å²) in [5.74, 6) is -4.74. The smallest absolute Gasteiger partial charge is 0.326 e. The Balaban J connectivity index is 2.24. The van der Waals surface area contributed by atoms with Gasteiger partial charge in [-0.15, -0.1) is 0 Å². The second kappa shape index (κ2) is 20.3. The van der Waals surface area contributed by atoms with Crippen molar-refractivity contribution < 1.29 is 39.3 Å². The highest BCUT2D eigenvalue weighted by Crippen LogP contribution is 2.15. The van der Waals surface area contributed by atoms with Gasteiger partial charge < -0.3 is 53.4 Å². The number of benzene rings is 2. The molecule has 13 N–H and O–H groups in total. The number of phenolic OH excluding ortho intramolecular Hbond substituents is 2. The molecule has 2 rings (SSSR count). The molecule has 0 aromatic heterocycles. The van der Waals surface area contributed by atoms with Crippen LogP contribution in [-0.2, 0) is 36.8 Å². The summed E-state index contributed by atoms with van der Waals surface area (Å²) in [6, 6.07) is 6.45. The number of hydrogen-bond donors (Lipinski definition) is 11. The van der Waals surface area contributed by atoms with Gasteiger partial charge in [0.25, 0.3) is 0 Å². The van der Waals surface area contributed by atoms with Gasteiger partial charge in [-0.05, 0) is 72.9 Å². The van der Waals surface area contributed by atoms with Crippen molar-refractivity contribution in [3.63, 3.8) is 0 Å². The lowest BCUT2D eigenvalue weighted by Gasteiger charge is -2.28. The van der Waals surface area contributed by atoms with Crippen molar-refractivity contribution in [3.8, 4) is 11.5 Å². The highest BCUT2D eigenvalue weighted by Gasteiger charge is 2.33. The van der Waals surface area contributed by atoms with Crippen LogP contribution in [-0.4, -0.2) is 87.6 Å². The number of guanidine groups is 1. The predicted molar refractivity (Wildman–Crippen MR) is 190 cm³/mol. The van der Waals surface area contributed by atoms with E-state index in [0.29, 0.717) is 17.5 Å². The van der Waals surface area contributed by atoms with Crippen LogP contribution in [0, 0.1) is 17.2 Å². The van der Waals surface area contributed by atoms with E-state index in [4.69, 9.17) is 16.9 Å². The van der Waals surface area contributed by atoms with Crippen molar-refractivity contribution in [2.24, 2.45) is 23.3 Å². The normalized spacial score (nSPS) is 14.0. The Morgan fingerprint density at radius 2 is 1.20 bits per heavy atom. The number of nitrogens with one attached hydrogen (secondary N) is 6. The van der Waals surface area contributed by atoms with E-state index >= 15 is 0 Å². The number of carbonyl (C=O) groups is 5. The summed E-state index contributed by atoms with van der Waals surface area (Å²) in [6.07, 6.45) is 0.621. The summed E-state index contributed by atoms with van der Waals surface area (Å²) in [5.41, 5.74) is 12.7. The fourth-order valence-corrected chi connectivity index (χ4v) is 5.15. The van der Waals surface area contributed by atoms with Crippen LogP contribution >= 0.6 is 0 Å². The summed E-state index contributed by atoms with van der Waals surface area (Å²) < 4.78 is 0. The Morgan fingerprint density at radius 1 is 0.706 bits per heavy atom. The molecule has 2 aromatic carbocycles. The lowest BCUT2D eigenvalue weighted by Crippen LogP contribution is -2.60. The lowest BCUT2D eigenvalue weighted by atomic mass is 9.98. The highest BCUT2D eigenvalue weighted by atomic mass is 16.4. The first-order valence-electron chi connectivity index (χ1n) is 16.8. The third-order valence-corrected chi connectivity index (χ3v) is 7.92. The van der Waals surface area contributed by atoms with Gasteiger partial charge in [-0.1, -0.05) is 52.0 Å². The third-order valence-electron chi connectivity index (χ3n) is 7.92. The van der Waals surface area contributed by atoms with E-state index in [1.54, 1.807) is 38.1 Å². The minimum Gasteiger partial charge on any atom is -0.508 e. The highest BCUT2D eigenvalue weighted by molar-refractivity contribution is 5.95. The molecule has 0 saturated heterocycles. The molecule has 0 fully saturated rings. The molecule has 0 unspecified atom stereocenters. The number of phenols is 2. The van der Waals surface area contributed by atoms with Crippen molar-refractivity contribution in [1.29, 1.82) is 5.41 Å². The summed E-state index contributed by atoms with van der Waals surface area (Å²) in [4.78, 5) is 65.9. The second-order valence-electron chi connectivity index (χ2n) is 13.2. The Kier molecular flexibility index (Phi) is 16.7. The zero-order chi connectivity index (χ0) is 38.2. The molecule has 0 bridgehead atoms. The van der Waals surface area contributed by atoms with E-state index in [1.807, 2.05) is 13.8 Å². The summed E-state index contributed by atoms with van der Waals surface area (Å²) in [6.45, 7) is 7.27. The second-order valence-corrected chi connectivity index (χ2v) is 13.2. The van der Waals surface area contributed by atoms with Gasteiger partial charge in [0, 0.05) is 13.0 Å². The number of nitrogens with two attached hydrogens (primary N) is 2. The molecule has 16 nitrogen and oxygen atoms in total. The van der Waals surface area contributed by atoms with Crippen LogP contribution in [0.1, 0.15) is 58.1 Å². The van der Waals surface area contributed by atoms with Gasteiger partial charge in [-0.25, -0.2) is 4.79 Å². The van der Waals surface area contributed by atoms with Crippen LogP contribution in [0.15, 0.2) is 48.5 Å². The number of amides is 4. The number of aliphatic carboxylic acids is 1. The third kappa shape index (κ3) is 15.0. The van der Waals surface area contributed by atoms with Gasteiger partial charge in [-0.3, -0.25) is 24.6 Å². The largest absolute Gasteiger partial charge is 0.508 e. The SMILES string of the molecule is CC(C)C[C@H](NC(=O)[C@H](Cc1ccc(O)cc1)NC(=O)[C@@H](N)Cc1ccc(O)cc1)C(=O)N[C@H](C(=O)N[C@@H](CCCNC(=N)N)C(=O)O)C(C)C. The maximum Gasteiger partial charge on any atom is 0.326 e. The Hall–Kier alpha value is -5.38. The standard InChI is InChI=1S/C35H52N8O8/c1-19(2)16-27(32(48)43-29(20(3)4)33(49)40-26(34(50)51)6-5-15-39-35(37)38)42-31(47)28(18-22-9-13-24(45)14-10-22)41-30(46)25(36)17-21-7-11-23(44)12-8-21/h7-14,19-20,25-29,44-45H,5-6,15-18,36H2,1-4H3,(H,40,49)(H,41,46)(H,42,47)(H,43,48)(H,50,51)(H4,37,38,39)/t25-,26-,27-,28-,29-/m0/s1. The monoisotopic (exact) mass is 712 g/mol. The molecule has 0 saturated carbocycles. The molecule has 51 heavy (non-hydrogen) atoms. The van der Waals surface area contributed by atoms with Gasteiger partial charge in [0.15, 0.2) is 5.96 Å². The minimum atomic E-state index is -1.27. The van der Waals surface area contributed by atoms with Crippen LogP contribution in [0.3, 0.4) is 0 Å². The molecular formula is C35H52N8O8. The molecule has 0 radical (unpaired) electrons. The molecule has 280 valence electrons. The van der Waals surface area contributed by atoms with E-state index in [2.05, 4.69) is 26.6 Å². The maximum absolute atomic E-state index is 13.8. The average Bonchev–Trinajstić information content (AvgIpc) is 3.05. The molecule has 0 aliphatic heterocycles. The molecule has 0 aliphatic carbocycles. The number of hydrogen-bond acceptors (Lipinski definition) is 9. The quantitative estimate of drug-likeness (QED) is 0.0501. The molecular weight excluding hydrogens is 660 g/mol. The molecule has 0 heterocycles. The summed E-state index contributed by atoms with van der Waals surface area (Å²) in [5, 5.41) is 49.3. The number of carboxylic acid groups (broad SMARTS) is 1. The summed E-state index contributed by atoms with van der Waals surface area (Å²) >= 11 is 0. The lowest BCUT2D eigenvalue weighted by molar-refractivity contribution is -0.142. The van der Waals surface area contributed by atoms with Crippen molar-refractivity contribution in [3.05, 3.63) is 59.7 Å². The number of carbonyl (C=O) groups excluding carboxylic acids is 4. The van der Waals surface area contributed by atoms with E-state index < -0.39 is 65.7 Å². The molecule has 0 spiro atoms. The topological polar surface area (TPSA) is 282 Å². The molecule has 0 aliphatic rings. The number of rotatable bonds is 20. The summed E-state index contributed by atoms with van der Waals surface area (Å²) in [7, 11) is 0. The fourth-order valence-electron chi connectivity index (χ4n) is 5.15. The van der Waals surface area contributed by atoms with E-state index in [-0.39, 0.29) is 55.6 Å². The first kappa shape index (κ1) is 41.8. The van der Waals surface area contributed by atoms with E-state index in [1.165, 1.54) is 24.3 Å². The number of aromatic hydroxyl groups is 2. The molecule has 4 amide bonds. The first-order valence-corrected chi connectivity index (χ1v) is 16.8. The van der Waals surface area contributed by atoms with Crippen LogP contribution in [0.5, 0.6) is 11.5 Å². The van der Waals surface area contributed by atoms with Gasteiger partial charge >= 0.3 is 5.97 Å². The average molecular weight is 713 g/mol. The first-order chi connectivity index (χ1) is 24.0. The van der Waals surface area contributed by atoms with Crippen molar-refractivity contribution in [2.75, 3.05) is 6.54 Å². The Labute approximate surface area is 297 Å². The van der Waals surface area contributed by atoms with Crippen LogP contribution in [0.25, 0.3) is 0 Å². The van der Waals surface area contributed by atoms with Crippen LogP contribution < -0.4 is 38.1 Å². The Morgan fingerprint density at radius 3 is 1.69 bits per heavy atom. The maximum atomic E-state index is 13.8. The fraction of sp³-hybridized carbons (Fsp3) is 0.486. The van der Waals surface area contributed by atoms with E-state index in [0.717, 1.165) is 0 Å². The van der Waals surface area contributed by atoms with Gasteiger partial charge in [0.1, 0.15) is 35.7 Å². The molecule has 5 atom stereocenters. The zero-order valence-corrected chi connectivity index (χ0v) is 29.4. The van der Waals surface area contributed by atoms with Crippen molar-refractivity contribution in [2.45, 2.75) is 90.0 Å². The van der Waals surface area contributed by atoms with Gasteiger partial charge in [0.2, 0.25) is 23.6 Å². The van der Waals surface area contributed by atoms with E-state index in [9.17, 15) is 39.3 Å². The van der Waals surface area contributed by atoms with Crippen molar-refractivity contribution >= 4 is 35.6 Å². The minimum absolute atomic E-state index is 0.00462. The predicted octanol–water partition coefficient (Wildman–Crippen LogP) is 0.199. The Bertz CT molecular complexity index is 1480. The molecule has 16 heteroatoms. The van der Waals surface area contributed by atoms with Gasteiger partial charge in [0.05, 0.1) is 6.04 Å². The molecule has 2 aromatic rings. The number of carboxylic acids is 1. The van der Waals surface area contributed by atoms with Crippen LogP contribution in [0.4, 0.5) is 0 Å². The zero-order valence-electron chi connectivity index (χ0n) is 29.4. The van der Waals surface area contributed by atoms with Crippen molar-refractivity contribution in [1.82, 2.24) is 26.6 Å². The van der Waals surface area contributed by atoms with Gasteiger partial charge in [-0.2, -0.15) is 0 Å².